The molecule has 1 aliphatic heterocycles. The number of nitrogens with one attached hydrogen (secondary N) is 1. The first-order valence-electron chi connectivity index (χ1n) is 8.18. The minimum atomic E-state index is -0.808. The summed E-state index contributed by atoms with van der Waals surface area (Å²) in [6, 6.07) is 8.87. The summed E-state index contributed by atoms with van der Waals surface area (Å²) >= 11 is 0. The number of aromatic nitrogens is 1. The number of carbonyl (C=O) groups is 2. The van der Waals surface area contributed by atoms with E-state index < -0.39 is 5.97 Å². The van der Waals surface area contributed by atoms with Crippen molar-refractivity contribution in [2.45, 2.75) is 25.7 Å². The van der Waals surface area contributed by atoms with Crippen LogP contribution in [0.4, 0.5) is 0 Å². The van der Waals surface area contributed by atoms with Crippen LogP contribution in [0.15, 0.2) is 35.1 Å². The Bertz CT molecular complexity index is 827. The number of piperidine rings is 1. The highest BCUT2D eigenvalue weighted by atomic mass is 16.4. The van der Waals surface area contributed by atoms with Gasteiger partial charge in [0.05, 0.1) is 0 Å². The first-order valence-corrected chi connectivity index (χ1v) is 8.18. The van der Waals surface area contributed by atoms with Crippen molar-refractivity contribution in [3.05, 3.63) is 46.4 Å². The van der Waals surface area contributed by atoms with E-state index in [4.69, 9.17) is 5.11 Å². The Morgan fingerprint density at radius 3 is 2.88 bits per heavy atom. The van der Waals surface area contributed by atoms with Crippen LogP contribution in [-0.4, -0.2) is 40.0 Å². The molecule has 6 nitrogen and oxygen atoms in total. The lowest BCUT2D eigenvalue weighted by Gasteiger charge is -2.32. The second kappa shape index (κ2) is 6.86. The minimum absolute atomic E-state index is 0.125. The molecule has 24 heavy (non-hydrogen) atoms. The molecule has 1 amide bonds. The fraction of sp³-hybridized carbons (Fsp3) is 0.389. The molecule has 2 heterocycles. The second-order valence-electron chi connectivity index (χ2n) is 6.29. The van der Waals surface area contributed by atoms with Crippen LogP contribution in [0.1, 0.15) is 36.2 Å². The van der Waals surface area contributed by atoms with Crippen LogP contribution in [-0.2, 0) is 4.79 Å². The van der Waals surface area contributed by atoms with Gasteiger partial charge < -0.3 is 15.0 Å². The summed E-state index contributed by atoms with van der Waals surface area (Å²) in [7, 11) is 0. The Hall–Kier alpha value is -2.63. The molecule has 1 aliphatic rings. The first kappa shape index (κ1) is 16.2. The molecule has 126 valence electrons. The summed E-state index contributed by atoms with van der Waals surface area (Å²) in [4.78, 5) is 40.0. The number of likely N-dealkylation sites (tertiary alicyclic amines) is 1. The van der Waals surface area contributed by atoms with Gasteiger partial charge in [-0.05, 0) is 42.7 Å². The van der Waals surface area contributed by atoms with E-state index in [9.17, 15) is 14.4 Å². The van der Waals surface area contributed by atoms with Gasteiger partial charge in [0.1, 0.15) is 5.69 Å². The van der Waals surface area contributed by atoms with Crippen molar-refractivity contribution in [1.29, 1.82) is 0 Å². The van der Waals surface area contributed by atoms with Crippen molar-refractivity contribution in [2.75, 3.05) is 13.1 Å². The number of benzene rings is 1. The summed E-state index contributed by atoms with van der Waals surface area (Å²) in [6.45, 7) is 1.18. The lowest BCUT2D eigenvalue weighted by atomic mass is 9.93. The number of hydrogen-bond donors (Lipinski definition) is 2. The number of amides is 1. The van der Waals surface area contributed by atoms with Gasteiger partial charge in [-0.2, -0.15) is 0 Å². The molecule has 1 aromatic carbocycles. The highest BCUT2D eigenvalue weighted by Crippen LogP contribution is 2.22. The zero-order valence-electron chi connectivity index (χ0n) is 13.3. The summed E-state index contributed by atoms with van der Waals surface area (Å²) < 4.78 is 0. The molecule has 0 unspecified atom stereocenters. The van der Waals surface area contributed by atoms with E-state index in [1.54, 1.807) is 23.1 Å². The maximum absolute atomic E-state index is 12.7. The number of H-pyrrole nitrogens is 1. The molecule has 1 fully saturated rings. The Kier molecular flexibility index (Phi) is 4.64. The van der Waals surface area contributed by atoms with E-state index in [1.165, 1.54) is 0 Å². The fourth-order valence-electron chi connectivity index (χ4n) is 3.31. The molecule has 1 atom stereocenters. The second-order valence-corrected chi connectivity index (χ2v) is 6.29. The van der Waals surface area contributed by atoms with E-state index in [1.807, 2.05) is 12.1 Å². The molecule has 2 aromatic rings. The van der Waals surface area contributed by atoms with Crippen LogP contribution < -0.4 is 5.56 Å². The topological polar surface area (TPSA) is 90.5 Å². The lowest BCUT2D eigenvalue weighted by Crippen LogP contribution is -2.40. The highest BCUT2D eigenvalue weighted by molar-refractivity contribution is 5.96. The smallest absolute Gasteiger partial charge is 0.303 e. The normalized spacial score (nSPS) is 17.8. The number of pyridine rings is 1. The van der Waals surface area contributed by atoms with Gasteiger partial charge in [-0.15, -0.1) is 0 Å². The van der Waals surface area contributed by atoms with Crippen molar-refractivity contribution in [1.82, 2.24) is 9.88 Å². The number of hydrogen-bond acceptors (Lipinski definition) is 3. The Balaban J connectivity index is 1.78. The molecule has 2 N–H and O–H groups in total. The van der Waals surface area contributed by atoms with Crippen molar-refractivity contribution >= 4 is 22.6 Å². The summed E-state index contributed by atoms with van der Waals surface area (Å²) in [5.74, 6) is -0.804. The molecule has 0 spiro atoms. The molecule has 1 aromatic heterocycles. The molecule has 0 bridgehead atoms. The van der Waals surface area contributed by atoms with Crippen LogP contribution >= 0.6 is 0 Å². The van der Waals surface area contributed by atoms with Gasteiger partial charge in [-0.25, -0.2) is 0 Å². The van der Waals surface area contributed by atoms with Gasteiger partial charge in [0.15, 0.2) is 0 Å². The number of carboxylic acids is 1. The number of rotatable bonds is 4. The largest absolute Gasteiger partial charge is 0.481 e. The average molecular weight is 328 g/mol. The predicted octanol–water partition coefficient (Wildman–Crippen LogP) is 2.25. The van der Waals surface area contributed by atoms with E-state index in [2.05, 4.69) is 4.98 Å². The quantitative estimate of drug-likeness (QED) is 0.900. The zero-order valence-corrected chi connectivity index (χ0v) is 13.3. The van der Waals surface area contributed by atoms with E-state index >= 15 is 0 Å². The first-order chi connectivity index (χ1) is 11.5. The van der Waals surface area contributed by atoms with Gasteiger partial charge in [-0.3, -0.25) is 14.4 Å². The zero-order chi connectivity index (χ0) is 17.1. The number of carboxylic acid groups (broad SMARTS) is 1. The Morgan fingerprint density at radius 2 is 2.08 bits per heavy atom. The molecule has 6 heteroatoms. The molecular weight excluding hydrogens is 308 g/mol. The monoisotopic (exact) mass is 328 g/mol. The Labute approximate surface area is 139 Å². The summed E-state index contributed by atoms with van der Waals surface area (Å²) in [5.41, 5.74) is 0.0217. The van der Waals surface area contributed by atoms with Gasteiger partial charge >= 0.3 is 5.97 Å². The SMILES string of the molecule is O=C(O)CC[C@H]1CCCN(C(=O)c2cc3ccccc3c(=O)[nH]2)C1. The third-order valence-corrected chi connectivity index (χ3v) is 4.56. The number of nitrogens with zero attached hydrogens (tertiary/aromatic N) is 1. The molecule has 0 saturated carbocycles. The van der Waals surface area contributed by atoms with Crippen molar-refractivity contribution in [2.24, 2.45) is 5.92 Å². The summed E-state index contributed by atoms with van der Waals surface area (Å²) in [5, 5.41) is 10.1. The lowest BCUT2D eigenvalue weighted by molar-refractivity contribution is -0.137. The molecule has 1 saturated heterocycles. The van der Waals surface area contributed by atoms with Crippen LogP contribution in [0.5, 0.6) is 0 Å². The predicted molar refractivity (Wildman–Crippen MR) is 90.1 cm³/mol. The third kappa shape index (κ3) is 3.48. The number of fused-ring (bicyclic) bond motifs is 1. The Morgan fingerprint density at radius 1 is 1.29 bits per heavy atom. The highest BCUT2D eigenvalue weighted by Gasteiger charge is 2.25. The number of carbonyl (C=O) groups excluding carboxylic acids is 1. The third-order valence-electron chi connectivity index (χ3n) is 4.56. The maximum Gasteiger partial charge on any atom is 0.303 e. The standard InChI is InChI=1S/C18H20N2O4/c21-16(22)8-7-12-4-3-9-20(11-12)18(24)15-10-13-5-1-2-6-14(13)17(23)19-15/h1-2,5-6,10,12H,3-4,7-9,11H2,(H,19,23)(H,21,22)/t12-/m1/s1. The van der Waals surface area contributed by atoms with Crippen LogP contribution in [0.2, 0.25) is 0 Å². The fourth-order valence-corrected chi connectivity index (χ4v) is 3.31. The van der Waals surface area contributed by atoms with Crippen molar-refractivity contribution < 1.29 is 14.7 Å². The molecule has 0 aliphatic carbocycles. The van der Waals surface area contributed by atoms with E-state index in [0.29, 0.717) is 24.9 Å². The van der Waals surface area contributed by atoms with E-state index in [-0.39, 0.29) is 29.5 Å². The number of aromatic amines is 1. The van der Waals surface area contributed by atoms with Crippen molar-refractivity contribution in [3.63, 3.8) is 0 Å². The number of aliphatic carboxylic acids is 1. The van der Waals surface area contributed by atoms with Gasteiger partial charge in [0, 0.05) is 24.9 Å². The molecular formula is C18H20N2O4. The van der Waals surface area contributed by atoms with E-state index in [0.717, 1.165) is 18.2 Å². The minimum Gasteiger partial charge on any atom is -0.481 e. The average Bonchev–Trinajstić information content (AvgIpc) is 2.59. The molecule has 3 rings (SSSR count). The molecule has 0 radical (unpaired) electrons. The van der Waals surface area contributed by atoms with Gasteiger partial charge in [0.2, 0.25) is 0 Å². The summed E-state index contributed by atoms with van der Waals surface area (Å²) in [6.07, 6.45) is 2.49. The van der Waals surface area contributed by atoms with Crippen LogP contribution in [0.3, 0.4) is 0 Å². The van der Waals surface area contributed by atoms with Gasteiger partial charge in [-0.1, -0.05) is 18.2 Å². The van der Waals surface area contributed by atoms with Crippen LogP contribution in [0, 0.1) is 5.92 Å². The van der Waals surface area contributed by atoms with Crippen LogP contribution in [0.25, 0.3) is 10.8 Å². The maximum atomic E-state index is 12.7. The van der Waals surface area contributed by atoms with Gasteiger partial charge in [0.25, 0.3) is 11.5 Å². The van der Waals surface area contributed by atoms with Crippen molar-refractivity contribution in [3.8, 4) is 0 Å².